The number of benzene rings is 9. The molecule has 0 N–H and O–H groups in total. The Labute approximate surface area is 357 Å². The van der Waals surface area contributed by atoms with Crippen LogP contribution >= 0.6 is 0 Å². The van der Waals surface area contributed by atoms with E-state index in [1.165, 1.54) is 59.8 Å². The first-order valence-electron chi connectivity index (χ1n) is 21.4. The highest BCUT2D eigenvalue weighted by atomic mass is 16.3. The molecule has 0 fully saturated rings. The van der Waals surface area contributed by atoms with Gasteiger partial charge in [0, 0.05) is 43.7 Å². The number of aromatic nitrogens is 2. The zero-order chi connectivity index (χ0) is 40.5. The number of nitrogens with zero attached hydrogens (tertiary/aromatic N) is 2. The van der Waals surface area contributed by atoms with Crippen LogP contribution in [0.4, 0.5) is 0 Å². The van der Waals surface area contributed by atoms with Crippen molar-refractivity contribution < 1.29 is 8.83 Å². The molecule has 9 aromatic carbocycles. The highest BCUT2D eigenvalue weighted by molar-refractivity contribution is 7.12. The molecule has 0 unspecified atom stereocenters. The lowest BCUT2D eigenvalue weighted by atomic mass is 9.24. The summed E-state index contributed by atoms with van der Waals surface area (Å²) in [6, 6.07) is 74.6. The average molecular weight is 789 g/mol. The van der Waals surface area contributed by atoms with Crippen molar-refractivity contribution in [3.8, 4) is 11.4 Å². The van der Waals surface area contributed by atoms with Gasteiger partial charge in [-0.2, -0.15) is 0 Å². The molecule has 0 atom stereocenters. The van der Waals surface area contributed by atoms with Crippen molar-refractivity contribution in [2.45, 2.75) is 0 Å². The molecule has 0 spiro atoms. The van der Waals surface area contributed by atoms with Crippen LogP contribution < -0.4 is 33.2 Å². The van der Waals surface area contributed by atoms with Crippen molar-refractivity contribution >= 4 is 123 Å². The molecule has 5 heterocycles. The molecule has 0 saturated carbocycles. The summed E-state index contributed by atoms with van der Waals surface area (Å²) in [5.74, 6) is 0. The molecule has 0 amide bonds. The summed E-state index contributed by atoms with van der Waals surface area (Å²) in [4.78, 5) is 0. The molecule has 1 aliphatic rings. The van der Waals surface area contributed by atoms with Gasteiger partial charge in [0.25, 0.3) is 13.4 Å². The van der Waals surface area contributed by atoms with Gasteiger partial charge in [-0.15, -0.1) is 0 Å². The lowest BCUT2D eigenvalue weighted by Crippen LogP contribution is -2.73. The number of hydrogen-bond acceptors (Lipinski definition) is 2. The quantitative estimate of drug-likeness (QED) is 0.167. The largest absolute Gasteiger partial charge is 0.471 e. The minimum Gasteiger partial charge on any atom is -0.471 e. The van der Waals surface area contributed by atoms with Gasteiger partial charge in [0.15, 0.2) is 0 Å². The normalized spacial score (nSPS) is 12.8. The van der Waals surface area contributed by atoms with Crippen molar-refractivity contribution in [2.75, 3.05) is 0 Å². The van der Waals surface area contributed by atoms with E-state index in [0.717, 1.165) is 61.0 Å². The van der Waals surface area contributed by atoms with Gasteiger partial charge in [0.05, 0.1) is 33.4 Å². The number of fused-ring (bicyclic) bond motifs is 14. The maximum Gasteiger partial charge on any atom is 0.290 e. The van der Waals surface area contributed by atoms with Gasteiger partial charge >= 0.3 is 0 Å². The van der Waals surface area contributed by atoms with Crippen LogP contribution in [0, 0.1) is 0 Å². The topological polar surface area (TPSA) is 36.1 Å². The lowest BCUT2D eigenvalue weighted by molar-refractivity contribution is 0.647. The predicted octanol–water partition coefficient (Wildman–Crippen LogP) is 9.87. The SMILES string of the molecule is c1ccc2c(c1)ccc1oc3c(c12)B(c1ccc(-n2c4ccccc4c4ccccc42)cc1)c1oc2ccccc2c1B3c1ccc(-n2c3ccccc3c3ccccc32)cc1. The van der Waals surface area contributed by atoms with E-state index in [1.54, 1.807) is 0 Å². The molecule has 0 saturated heterocycles. The Balaban J connectivity index is 0.998. The number of para-hydroxylation sites is 5. The van der Waals surface area contributed by atoms with E-state index in [2.05, 4.69) is 215 Å². The Morgan fingerprint density at radius 1 is 0.306 bits per heavy atom. The van der Waals surface area contributed by atoms with Crippen LogP contribution in [0.3, 0.4) is 0 Å². The van der Waals surface area contributed by atoms with Crippen LogP contribution in [0.15, 0.2) is 215 Å². The van der Waals surface area contributed by atoms with Gasteiger partial charge in [-0.25, -0.2) is 0 Å². The Bertz CT molecular complexity index is 3840. The molecule has 286 valence electrons. The van der Waals surface area contributed by atoms with Crippen LogP contribution in [0.25, 0.3) is 87.7 Å². The second-order valence-electron chi connectivity index (χ2n) is 16.7. The molecule has 0 aliphatic carbocycles. The molecular weight excluding hydrogens is 754 g/mol. The minimum absolute atomic E-state index is 0.199. The molecule has 4 aromatic heterocycles. The van der Waals surface area contributed by atoms with Crippen molar-refractivity contribution in [2.24, 2.45) is 0 Å². The first-order valence-corrected chi connectivity index (χ1v) is 21.4. The lowest BCUT2D eigenvalue weighted by Gasteiger charge is -2.25. The van der Waals surface area contributed by atoms with E-state index < -0.39 is 0 Å². The molecule has 0 radical (unpaired) electrons. The van der Waals surface area contributed by atoms with E-state index in [-0.39, 0.29) is 13.4 Å². The molecule has 1 aliphatic heterocycles. The van der Waals surface area contributed by atoms with Gasteiger partial charge in [-0.3, -0.25) is 0 Å². The second-order valence-corrected chi connectivity index (χ2v) is 16.7. The van der Waals surface area contributed by atoms with E-state index >= 15 is 0 Å². The minimum atomic E-state index is -0.209. The summed E-state index contributed by atoms with van der Waals surface area (Å²) in [7, 11) is 0. The first kappa shape index (κ1) is 33.8. The Morgan fingerprint density at radius 2 is 0.710 bits per heavy atom. The van der Waals surface area contributed by atoms with Gasteiger partial charge < -0.3 is 18.0 Å². The Kier molecular flexibility index (Phi) is 6.97. The highest BCUT2D eigenvalue weighted by Gasteiger charge is 2.47. The zero-order valence-electron chi connectivity index (χ0n) is 33.5. The fraction of sp³-hybridized carbons (Fsp3) is 0. The third kappa shape index (κ3) is 4.64. The summed E-state index contributed by atoms with van der Waals surface area (Å²) in [5, 5.41) is 9.64. The number of rotatable bonds is 4. The fourth-order valence-corrected chi connectivity index (χ4v) is 10.9. The second kappa shape index (κ2) is 12.8. The number of furan rings is 2. The van der Waals surface area contributed by atoms with Crippen molar-refractivity contribution in [3.05, 3.63) is 206 Å². The third-order valence-electron chi connectivity index (χ3n) is 13.5. The van der Waals surface area contributed by atoms with Crippen LogP contribution in [-0.2, 0) is 0 Å². The van der Waals surface area contributed by atoms with Crippen molar-refractivity contribution in [1.29, 1.82) is 0 Å². The predicted molar refractivity (Wildman–Crippen MR) is 261 cm³/mol. The summed E-state index contributed by atoms with van der Waals surface area (Å²) in [5.41, 5.74) is 15.4. The molecule has 4 nitrogen and oxygen atoms in total. The fourth-order valence-electron chi connectivity index (χ4n) is 10.9. The smallest absolute Gasteiger partial charge is 0.290 e. The van der Waals surface area contributed by atoms with Crippen LogP contribution in [0.5, 0.6) is 0 Å². The summed E-state index contributed by atoms with van der Waals surface area (Å²) >= 11 is 0. The highest BCUT2D eigenvalue weighted by Crippen LogP contribution is 2.34. The van der Waals surface area contributed by atoms with Crippen LogP contribution in [0.2, 0.25) is 0 Å². The van der Waals surface area contributed by atoms with Gasteiger partial charge in [0.2, 0.25) is 0 Å². The molecule has 62 heavy (non-hydrogen) atoms. The van der Waals surface area contributed by atoms with E-state index in [9.17, 15) is 0 Å². The van der Waals surface area contributed by atoms with Crippen molar-refractivity contribution in [3.63, 3.8) is 0 Å². The summed E-state index contributed by atoms with van der Waals surface area (Å²) in [6.45, 7) is -0.407. The van der Waals surface area contributed by atoms with Crippen LogP contribution in [0.1, 0.15) is 0 Å². The molecule has 14 rings (SSSR count). The first-order chi connectivity index (χ1) is 30.8. The standard InChI is InChI=1S/C56H34B2N2O2/c1-2-14-40-35(13-1)25-34-51-52(40)54-56(62-51)57(36-26-30-38(31-27-36)59-46-20-8-3-15-41(46)42-16-4-9-21-47(42)59)53-45-19-7-12-24-50(45)61-55(53)58(54)37-28-32-39(33-29-37)60-48-22-10-5-17-43(48)44-18-6-11-23-49(44)60/h1-34H. The zero-order valence-corrected chi connectivity index (χ0v) is 33.5. The Morgan fingerprint density at radius 3 is 1.24 bits per heavy atom. The van der Waals surface area contributed by atoms with Gasteiger partial charge in [-0.05, 0) is 82.4 Å². The molecular formula is C56H34B2N2O2. The Hall–Kier alpha value is -7.95. The third-order valence-corrected chi connectivity index (χ3v) is 13.5. The summed E-state index contributed by atoms with van der Waals surface area (Å²) in [6.07, 6.45) is 0. The molecule has 13 aromatic rings. The van der Waals surface area contributed by atoms with Gasteiger partial charge in [-0.1, -0.05) is 157 Å². The van der Waals surface area contributed by atoms with Crippen LogP contribution in [-0.4, -0.2) is 22.6 Å². The average Bonchev–Trinajstić information content (AvgIpc) is 4.09. The maximum atomic E-state index is 7.24. The molecule has 6 heteroatoms. The number of hydrogen-bond donors (Lipinski definition) is 0. The molecule has 0 bridgehead atoms. The van der Waals surface area contributed by atoms with E-state index in [1.807, 2.05) is 0 Å². The summed E-state index contributed by atoms with van der Waals surface area (Å²) < 4.78 is 19.1. The van der Waals surface area contributed by atoms with Crippen molar-refractivity contribution in [1.82, 2.24) is 9.13 Å². The van der Waals surface area contributed by atoms with Gasteiger partial charge in [0.1, 0.15) is 11.2 Å². The van der Waals surface area contributed by atoms with E-state index in [4.69, 9.17) is 8.83 Å². The maximum absolute atomic E-state index is 7.24. The monoisotopic (exact) mass is 788 g/mol. The van der Waals surface area contributed by atoms with E-state index in [0.29, 0.717) is 0 Å².